The lowest BCUT2D eigenvalue weighted by Gasteiger charge is -1.80. The second-order valence-corrected chi connectivity index (χ2v) is 3.65. The van der Waals surface area contributed by atoms with Crippen molar-refractivity contribution in [1.29, 1.82) is 0 Å². The molecule has 0 spiro atoms. The second kappa shape index (κ2) is 3.77. The van der Waals surface area contributed by atoms with Crippen LogP contribution in [0.3, 0.4) is 0 Å². The lowest BCUT2D eigenvalue weighted by atomic mass is 10.4. The number of hydrogen-bond donors (Lipinski definition) is 0. The lowest BCUT2D eigenvalue weighted by Crippen LogP contribution is -1.84. The molecule has 0 aromatic carbocycles. The molecule has 0 aromatic heterocycles. The fraction of sp³-hybridized carbons (Fsp3) is 0. The molecule has 0 N–H and O–H groups in total. The molecule has 0 bridgehead atoms. The average molecular weight is 178 g/mol. The van der Waals surface area contributed by atoms with Crippen LogP contribution < -0.4 is 0 Å². The molecule has 0 fully saturated rings. The molecule has 12 heavy (non-hydrogen) atoms. The van der Waals surface area contributed by atoms with Gasteiger partial charge in [0.15, 0.2) is 0 Å². The minimum atomic E-state index is -3.30. The Morgan fingerprint density at radius 3 is 2.50 bits per heavy atom. The van der Waals surface area contributed by atoms with Gasteiger partial charge in [0, 0.05) is 0 Å². The minimum Gasteiger partial charge on any atom is -0.218 e. The van der Waals surface area contributed by atoms with Crippen LogP contribution in [0, 0.1) is 0 Å². The van der Waals surface area contributed by atoms with E-state index in [4.69, 9.17) is 0 Å². The molecule has 60 valence electrons. The third kappa shape index (κ3) is 3.07. The lowest BCUT2D eigenvalue weighted by molar-refractivity contribution is 0.612. The first-order chi connectivity index (χ1) is 5.71. The van der Waals surface area contributed by atoms with Crippen molar-refractivity contribution >= 4 is 9.84 Å². The Kier molecular flexibility index (Phi) is 2.71. The Morgan fingerprint density at radius 1 is 0.917 bits per heavy atom. The smallest absolute Gasteiger partial charge is 0.208 e. The average Bonchev–Trinajstić information content (AvgIpc) is 2.02. The highest BCUT2D eigenvalue weighted by Gasteiger charge is 1.95. The zero-order chi connectivity index (χ0) is 8.86. The van der Waals surface area contributed by atoms with Crippen molar-refractivity contribution in [3.8, 4) is 0 Å². The summed E-state index contributed by atoms with van der Waals surface area (Å²) >= 11 is 0. The Bertz CT molecular complexity index is 445. The zero-order valence-corrected chi connectivity index (χ0v) is 7.01. The van der Waals surface area contributed by atoms with Crippen molar-refractivity contribution in [3.63, 3.8) is 0 Å². The van der Waals surface area contributed by atoms with Crippen LogP contribution in [0.15, 0.2) is 52.3 Å². The van der Waals surface area contributed by atoms with Crippen molar-refractivity contribution in [3.05, 3.63) is 52.3 Å². The highest BCUT2D eigenvalue weighted by atomic mass is 32.2. The first-order valence-corrected chi connectivity index (χ1v) is 4.82. The molecule has 1 rings (SSSR count). The Hall–Kier alpha value is -1.49. The highest BCUT2D eigenvalue weighted by Crippen LogP contribution is 1.92. The molecule has 1 heterocycles. The van der Waals surface area contributed by atoms with E-state index < -0.39 is 9.84 Å². The van der Waals surface area contributed by atoms with Crippen molar-refractivity contribution in [2.75, 3.05) is 0 Å². The maximum atomic E-state index is 11.0. The van der Waals surface area contributed by atoms with E-state index in [-0.39, 0.29) is 0 Å². The Labute approximate surface area is 71.1 Å². The fourth-order valence-electron chi connectivity index (χ4n) is 0.547. The van der Waals surface area contributed by atoms with Gasteiger partial charge in [-0.25, -0.2) is 8.42 Å². The molecule has 0 atom stereocenters. The molecule has 0 amide bonds. The fourth-order valence-corrected chi connectivity index (χ4v) is 1.12. The van der Waals surface area contributed by atoms with E-state index in [0.717, 1.165) is 10.8 Å². The van der Waals surface area contributed by atoms with Crippen molar-refractivity contribution in [2.45, 2.75) is 0 Å². The summed E-state index contributed by atoms with van der Waals surface area (Å²) in [5, 5.41) is 1.93. The topological polar surface area (TPSA) is 34.1 Å². The highest BCUT2D eigenvalue weighted by molar-refractivity contribution is 7.97. The first kappa shape index (κ1) is 8.61. The Balaban J connectivity index is 3.31. The summed E-state index contributed by atoms with van der Waals surface area (Å²) in [5.41, 5.74) is 7.44. The number of rotatable bonds is 0. The van der Waals surface area contributed by atoms with Crippen molar-refractivity contribution < 1.29 is 8.42 Å². The number of hydrogen-bond acceptors (Lipinski definition) is 2. The summed E-state index contributed by atoms with van der Waals surface area (Å²) in [7, 11) is -3.30. The van der Waals surface area contributed by atoms with Gasteiger partial charge in [-0.05, 0) is 12.2 Å². The van der Waals surface area contributed by atoms with E-state index in [9.17, 15) is 8.42 Å². The van der Waals surface area contributed by atoms with Crippen LogP contribution in [0.5, 0.6) is 0 Å². The maximum absolute atomic E-state index is 11.0. The largest absolute Gasteiger partial charge is 0.218 e. The Morgan fingerprint density at radius 2 is 1.67 bits per heavy atom. The van der Waals surface area contributed by atoms with E-state index in [1.165, 1.54) is 6.08 Å². The monoisotopic (exact) mass is 178 g/mol. The van der Waals surface area contributed by atoms with E-state index in [1.54, 1.807) is 18.2 Å². The summed E-state index contributed by atoms with van der Waals surface area (Å²) < 4.78 is 21.9. The van der Waals surface area contributed by atoms with Crippen LogP contribution in [0.25, 0.3) is 0 Å². The third-order valence-corrected chi connectivity index (χ3v) is 1.93. The van der Waals surface area contributed by atoms with Gasteiger partial charge in [0.1, 0.15) is 0 Å². The van der Waals surface area contributed by atoms with Gasteiger partial charge in [0.05, 0.1) is 10.8 Å². The molecular weight excluding hydrogens is 172 g/mol. The van der Waals surface area contributed by atoms with Gasteiger partial charge in [-0.3, -0.25) is 0 Å². The van der Waals surface area contributed by atoms with E-state index in [0.29, 0.717) is 0 Å². The predicted octanol–water partition coefficient (Wildman–Crippen LogP) is 1.46. The molecule has 3 heteroatoms. The van der Waals surface area contributed by atoms with Gasteiger partial charge in [0.2, 0.25) is 9.84 Å². The summed E-state index contributed by atoms with van der Waals surface area (Å²) in [4.78, 5) is 0. The van der Waals surface area contributed by atoms with Gasteiger partial charge in [-0.1, -0.05) is 23.6 Å². The molecule has 2 nitrogen and oxygen atoms in total. The van der Waals surface area contributed by atoms with Crippen LogP contribution in [-0.2, 0) is 9.84 Å². The van der Waals surface area contributed by atoms with Gasteiger partial charge in [0.25, 0.3) is 0 Å². The zero-order valence-electron chi connectivity index (χ0n) is 6.19. The van der Waals surface area contributed by atoms with Gasteiger partial charge >= 0.3 is 0 Å². The summed E-state index contributed by atoms with van der Waals surface area (Å²) in [5.74, 6) is 0. The number of sulfone groups is 1. The molecule has 1 aliphatic heterocycles. The van der Waals surface area contributed by atoms with Crippen LogP contribution in [0.4, 0.5) is 0 Å². The van der Waals surface area contributed by atoms with Crippen LogP contribution in [0.1, 0.15) is 0 Å². The molecular formula is C9H6O2S. The standard InChI is InChI=1S/C9H6O2S/c10-12(11)8-6-4-2-1-3-5-7-9-12/h1-4,8-9H/b2-1-,9-3?. The first-order valence-electron chi connectivity index (χ1n) is 3.21. The summed E-state index contributed by atoms with van der Waals surface area (Å²) in [6, 6.07) is 0. The third-order valence-electron chi connectivity index (χ3n) is 1.02. The van der Waals surface area contributed by atoms with Crippen molar-refractivity contribution in [2.24, 2.45) is 0 Å². The molecule has 0 saturated heterocycles. The predicted molar refractivity (Wildman–Crippen MR) is 46.9 cm³/mol. The van der Waals surface area contributed by atoms with Gasteiger partial charge in [-0.2, -0.15) is 0 Å². The normalized spacial score (nSPS) is 21.0. The molecule has 0 aliphatic carbocycles. The molecule has 0 aromatic rings. The molecule has 1 aliphatic rings. The molecule has 0 radical (unpaired) electrons. The summed E-state index contributed by atoms with van der Waals surface area (Å²) in [6.07, 6.45) is 6.44. The van der Waals surface area contributed by atoms with Gasteiger partial charge in [-0.15, -0.1) is 5.73 Å². The van der Waals surface area contributed by atoms with Crippen LogP contribution in [0.2, 0.25) is 0 Å². The van der Waals surface area contributed by atoms with E-state index >= 15 is 0 Å². The van der Waals surface area contributed by atoms with Crippen molar-refractivity contribution in [1.82, 2.24) is 0 Å². The molecule has 0 saturated carbocycles. The van der Waals surface area contributed by atoms with E-state index in [1.807, 2.05) is 0 Å². The van der Waals surface area contributed by atoms with E-state index in [2.05, 4.69) is 17.2 Å². The second-order valence-electron chi connectivity index (χ2n) is 2.00. The van der Waals surface area contributed by atoms with Gasteiger partial charge < -0.3 is 0 Å². The SMILES string of the molecule is O=S1(=O)C=C=C=C/C=C\C=C=C1. The minimum absolute atomic E-state index is 0.948. The number of allylic oxidation sites excluding steroid dienone is 4. The maximum Gasteiger partial charge on any atom is 0.208 e. The van der Waals surface area contributed by atoms with Crippen LogP contribution in [-0.4, -0.2) is 8.42 Å². The summed E-state index contributed by atoms with van der Waals surface area (Å²) in [6.45, 7) is 0. The molecule has 0 unspecified atom stereocenters. The van der Waals surface area contributed by atoms with Crippen LogP contribution >= 0.6 is 0 Å². The quantitative estimate of drug-likeness (QED) is 0.526.